The van der Waals surface area contributed by atoms with Crippen LogP contribution in [-0.4, -0.2) is 61.2 Å². The Morgan fingerprint density at radius 1 is 1.28 bits per heavy atom. The number of guanidine groups is 1. The van der Waals surface area contributed by atoms with Crippen molar-refractivity contribution in [3.05, 3.63) is 35.4 Å². The molecule has 1 saturated heterocycles. The van der Waals surface area contributed by atoms with Gasteiger partial charge in [0.05, 0.1) is 25.8 Å². The summed E-state index contributed by atoms with van der Waals surface area (Å²) in [7, 11) is 0. The highest BCUT2D eigenvalue weighted by Crippen LogP contribution is 2.12. The van der Waals surface area contributed by atoms with Crippen LogP contribution < -0.4 is 16.0 Å². The van der Waals surface area contributed by atoms with E-state index in [9.17, 15) is 4.79 Å². The number of carbonyl (C=O) groups excluding carboxylic acids is 1. The molecule has 162 valence electrons. The molecule has 29 heavy (non-hydrogen) atoms. The van der Waals surface area contributed by atoms with Crippen molar-refractivity contribution in [3.8, 4) is 0 Å². The minimum absolute atomic E-state index is 0.0511. The van der Waals surface area contributed by atoms with Crippen LogP contribution in [0.4, 0.5) is 0 Å². The first-order valence-electron chi connectivity index (χ1n) is 10.5. The van der Waals surface area contributed by atoms with Crippen LogP contribution in [0.2, 0.25) is 0 Å². The summed E-state index contributed by atoms with van der Waals surface area (Å²) in [5, 5.41) is 9.24. The van der Waals surface area contributed by atoms with Crippen LogP contribution in [0.5, 0.6) is 0 Å². The van der Waals surface area contributed by atoms with Gasteiger partial charge in [0.2, 0.25) is 5.91 Å². The fourth-order valence-electron chi connectivity index (χ4n) is 3.26. The number of amides is 1. The van der Waals surface area contributed by atoms with E-state index < -0.39 is 0 Å². The zero-order valence-electron chi connectivity index (χ0n) is 18.5. The van der Waals surface area contributed by atoms with E-state index in [4.69, 9.17) is 4.74 Å². The van der Waals surface area contributed by atoms with Crippen molar-refractivity contribution in [2.24, 2.45) is 4.99 Å². The van der Waals surface area contributed by atoms with Crippen molar-refractivity contribution in [1.82, 2.24) is 20.9 Å². The van der Waals surface area contributed by atoms with Gasteiger partial charge in [-0.05, 0) is 45.7 Å². The number of hydrogen-bond donors (Lipinski definition) is 3. The van der Waals surface area contributed by atoms with Crippen molar-refractivity contribution < 1.29 is 9.53 Å². The van der Waals surface area contributed by atoms with Gasteiger partial charge in [0.25, 0.3) is 0 Å². The molecule has 0 bridgehead atoms. The summed E-state index contributed by atoms with van der Waals surface area (Å²) < 4.78 is 5.62. The number of ether oxygens (including phenoxy) is 1. The zero-order valence-corrected chi connectivity index (χ0v) is 18.5. The highest BCUT2D eigenvalue weighted by Gasteiger charge is 2.16. The molecule has 0 aromatic heterocycles. The van der Waals surface area contributed by atoms with E-state index >= 15 is 0 Å². The van der Waals surface area contributed by atoms with E-state index in [-0.39, 0.29) is 18.0 Å². The predicted octanol–water partition coefficient (Wildman–Crippen LogP) is 1.88. The molecule has 1 amide bonds. The molecule has 1 atom stereocenters. The number of rotatable bonds is 7. The number of nitrogens with one attached hydrogen (secondary N) is 3. The lowest BCUT2D eigenvalue weighted by atomic mass is 10.1. The van der Waals surface area contributed by atoms with E-state index in [1.54, 1.807) is 0 Å². The van der Waals surface area contributed by atoms with Gasteiger partial charge in [-0.3, -0.25) is 9.69 Å². The Labute approximate surface area is 175 Å². The predicted molar refractivity (Wildman–Crippen MR) is 118 cm³/mol. The number of benzene rings is 1. The van der Waals surface area contributed by atoms with Crippen molar-refractivity contribution >= 4 is 11.9 Å². The molecule has 3 N–H and O–H groups in total. The molecule has 1 aliphatic heterocycles. The van der Waals surface area contributed by atoms with Gasteiger partial charge in [0.1, 0.15) is 0 Å². The van der Waals surface area contributed by atoms with Crippen LogP contribution in [0.3, 0.4) is 0 Å². The van der Waals surface area contributed by atoms with Crippen LogP contribution in [0, 0.1) is 0 Å². The van der Waals surface area contributed by atoms with E-state index in [1.165, 1.54) is 5.56 Å². The van der Waals surface area contributed by atoms with E-state index in [2.05, 4.69) is 57.0 Å². The Morgan fingerprint density at radius 2 is 2.03 bits per heavy atom. The topological polar surface area (TPSA) is 78.0 Å². The average Bonchev–Trinajstić information content (AvgIpc) is 2.63. The molecule has 1 aromatic rings. The van der Waals surface area contributed by atoms with E-state index in [0.717, 1.165) is 38.3 Å². The number of nitrogens with zero attached hydrogens (tertiary/aromatic N) is 2. The Bertz CT molecular complexity index is 684. The summed E-state index contributed by atoms with van der Waals surface area (Å²) in [5.41, 5.74) is 2.20. The fourth-order valence-corrected chi connectivity index (χ4v) is 3.26. The van der Waals surface area contributed by atoms with E-state index in [1.807, 2.05) is 27.7 Å². The Kier molecular flexibility index (Phi) is 8.92. The summed E-state index contributed by atoms with van der Waals surface area (Å²) in [6.45, 7) is 15.2. The average molecular weight is 404 g/mol. The lowest BCUT2D eigenvalue weighted by molar-refractivity contribution is -0.121. The maximum atomic E-state index is 12.0. The van der Waals surface area contributed by atoms with Gasteiger partial charge in [-0.1, -0.05) is 24.3 Å². The molecule has 0 aliphatic carbocycles. The van der Waals surface area contributed by atoms with Gasteiger partial charge in [-0.2, -0.15) is 0 Å². The maximum absolute atomic E-state index is 12.0. The SMILES string of the molecule is CCNC(=NCc1cccc(CN2CCOC(C)C2)c1)NCC(=O)NC(C)(C)C. The summed E-state index contributed by atoms with van der Waals surface area (Å²) in [5.74, 6) is 0.591. The Hall–Kier alpha value is -2.12. The number of aliphatic imine (C=N–C) groups is 1. The maximum Gasteiger partial charge on any atom is 0.239 e. The van der Waals surface area contributed by atoms with Crippen molar-refractivity contribution in [2.45, 2.75) is 59.4 Å². The summed E-state index contributed by atoms with van der Waals surface area (Å²) in [6, 6.07) is 8.54. The molecular formula is C22H37N5O2. The molecule has 1 aromatic carbocycles. The first-order chi connectivity index (χ1) is 13.7. The first-order valence-corrected chi connectivity index (χ1v) is 10.5. The zero-order chi connectivity index (χ0) is 21.3. The van der Waals surface area contributed by atoms with Crippen LogP contribution in [0.1, 0.15) is 45.7 Å². The normalized spacial score (nSPS) is 18.4. The Morgan fingerprint density at radius 3 is 2.72 bits per heavy atom. The van der Waals surface area contributed by atoms with E-state index in [0.29, 0.717) is 18.6 Å². The molecule has 7 heteroatoms. The second-order valence-electron chi connectivity index (χ2n) is 8.58. The van der Waals surface area contributed by atoms with Crippen LogP contribution in [0.15, 0.2) is 29.3 Å². The quantitative estimate of drug-likeness (QED) is 0.479. The van der Waals surface area contributed by atoms with Gasteiger partial charge in [0, 0.05) is 31.7 Å². The van der Waals surface area contributed by atoms with Crippen LogP contribution >= 0.6 is 0 Å². The summed E-state index contributed by atoms with van der Waals surface area (Å²) in [4.78, 5) is 19.1. The van der Waals surface area contributed by atoms with Gasteiger partial charge in [-0.25, -0.2) is 4.99 Å². The molecule has 1 heterocycles. The van der Waals surface area contributed by atoms with Crippen LogP contribution in [0.25, 0.3) is 0 Å². The third kappa shape index (κ3) is 9.28. The van der Waals surface area contributed by atoms with Gasteiger partial charge in [0.15, 0.2) is 5.96 Å². The monoisotopic (exact) mass is 403 g/mol. The minimum atomic E-state index is -0.243. The molecule has 2 rings (SSSR count). The second kappa shape index (κ2) is 11.2. The third-order valence-corrected chi connectivity index (χ3v) is 4.42. The Balaban J connectivity index is 1.91. The summed E-state index contributed by atoms with van der Waals surface area (Å²) in [6.07, 6.45) is 0.292. The first kappa shape index (κ1) is 23.2. The number of carbonyl (C=O) groups is 1. The molecule has 1 fully saturated rings. The molecule has 7 nitrogen and oxygen atoms in total. The summed E-state index contributed by atoms with van der Waals surface area (Å²) >= 11 is 0. The highest BCUT2D eigenvalue weighted by molar-refractivity contribution is 5.86. The van der Waals surface area contributed by atoms with Crippen LogP contribution in [-0.2, 0) is 22.6 Å². The van der Waals surface area contributed by atoms with Gasteiger partial charge in [-0.15, -0.1) is 0 Å². The standard InChI is InChI=1S/C22H37N5O2/c1-6-23-21(25-14-20(28)26-22(3,4)5)24-13-18-8-7-9-19(12-18)16-27-10-11-29-17(2)15-27/h7-9,12,17H,6,10-11,13-16H2,1-5H3,(H,26,28)(H2,23,24,25). The molecule has 0 spiro atoms. The van der Waals surface area contributed by atoms with Gasteiger partial charge >= 0.3 is 0 Å². The fraction of sp³-hybridized carbons (Fsp3) is 0.636. The molecule has 1 aliphatic rings. The number of morpholine rings is 1. The van der Waals surface area contributed by atoms with Crippen molar-refractivity contribution in [2.75, 3.05) is 32.8 Å². The lowest BCUT2D eigenvalue weighted by Gasteiger charge is -2.31. The molecule has 0 radical (unpaired) electrons. The molecular weight excluding hydrogens is 366 g/mol. The lowest BCUT2D eigenvalue weighted by Crippen LogP contribution is -2.48. The number of hydrogen-bond acceptors (Lipinski definition) is 4. The third-order valence-electron chi connectivity index (χ3n) is 4.42. The molecule has 0 saturated carbocycles. The van der Waals surface area contributed by atoms with Crippen molar-refractivity contribution in [3.63, 3.8) is 0 Å². The second-order valence-corrected chi connectivity index (χ2v) is 8.58. The minimum Gasteiger partial charge on any atom is -0.376 e. The van der Waals surface area contributed by atoms with Gasteiger partial charge < -0.3 is 20.7 Å². The molecule has 1 unspecified atom stereocenters. The van der Waals surface area contributed by atoms with Crippen molar-refractivity contribution in [1.29, 1.82) is 0 Å². The smallest absolute Gasteiger partial charge is 0.239 e. The highest BCUT2D eigenvalue weighted by atomic mass is 16.5. The largest absolute Gasteiger partial charge is 0.376 e.